The van der Waals surface area contributed by atoms with Crippen LogP contribution in [0.2, 0.25) is 5.02 Å². The molecule has 1 heterocycles. The van der Waals surface area contributed by atoms with Gasteiger partial charge in [-0.2, -0.15) is 0 Å². The average Bonchev–Trinajstić information content (AvgIpc) is 3.26. The Morgan fingerprint density at radius 2 is 1.91 bits per heavy atom. The molecule has 2 atom stereocenters. The van der Waals surface area contributed by atoms with Crippen LogP contribution in [-0.4, -0.2) is 29.3 Å². The number of halogens is 1. The zero-order valence-corrected chi connectivity index (χ0v) is 18.3. The maximum atomic E-state index is 13.2. The average molecular weight is 448 g/mol. The Balaban J connectivity index is 1.32. The van der Waals surface area contributed by atoms with Crippen molar-refractivity contribution in [3.8, 4) is 0 Å². The number of urea groups is 1. The van der Waals surface area contributed by atoms with E-state index in [-0.39, 0.29) is 18.5 Å². The first kappa shape index (κ1) is 20.5. The maximum absolute atomic E-state index is 13.2. The first-order valence-corrected chi connectivity index (χ1v) is 10.9. The number of imide groups is 1. The van der Waals surface area contributed by atoms with Gasteiger partial charge in [-0.05, 0) is 65.4 Å². The fourth-order valence-corrected chi connectivity index (χ4v) is 4.85. The SMILES string of the molecule is CC1(c2ccc3ccccc3c2)NC(=O)N(CC(=O)NC2CCc3cc(Cl)ccc32)C1=O. The van der Waals surface area contributed by atoms with E-state index in [2.05, 4.69) is 10.6 Å². The molecule has 32 heavy (non-hydrogen) atoms. The standard InChI is InChI=1S/C25H22ClN3O3/c1-25(18-8-6-15-4-2-3-5-16(15)12-18)23(31)29(24(32)28-25)14-22(30)27-21-11-7-17-13-19(26)9-10-20(17)21/h2-6,8-10,12-13,21H,7,11,14H2,1H3,(H,27,30)(H,28,32). The highest BCUT2D eigenvalue weighted by Crippen LogP contribution is 2.33. The first-order valence-electron chi connectivity index (χ1n) is 10.6. The number of benzene rings is 3. The molecule has 7 heteroatoms. The minimum Gasteiger partial charge on any atom is -0.348 e. The molecule has 162 valence electrons. The third-order valence-electron chi connectivity index (χ3n) is 6.42. The van der Waals surface area contributed by atoms with Crippen LogP contribution in [0.1, 0.15) is 36.1 Å². The zero-order valence-electron chi connectivity index (χ0n) is 17.5. The van der Waals surface area contributed by atoms with Gasteiger partial charge >= 0.3 is 6.03 Å². The van der Waals surface area contributed by atoms with Crippen molar-refractivity contribution < 1.29 is 14.4 Å². The predicted octanol–water partition coefficient (Wildman–Crippen LogP) is 4.06. The second kappa shape index (κ2) is 7.64. The molecule has 0 bridgehead atoms. The van der Waals surface area contributed by atoms with Gasteiger partial charge in [0, 0.05) is 5.02 Å². The molecule has 0 aromatic heterocycles. The molecule has 2 unspecified atom stereocenters. The maximum Gasteiger partial charge on any atom is 0.325 e. The van der Waals surface area contributed by atoms with Crippen LogP contribution in [0.4, 0.5) is 4.79 Å². The lowest BCUT2D eigenvalue weighted by atomic mass is 9.90. The van der Waals surface area contributed by atoms with Crippen molar-refractivity contribution in [2.24, 2.45) is 0 Å². The monoisotopic (exact) mass is 447 g/mol. The summed E-state index contributed by atoms with van der Waals surface area (Å²) in [4.78, 5) is 39.6. The Labute approximate surface area is 190 Å². The lowest BCUT2D eigenvalue weighted by Crippen LogP contribution is -2.43. The van der Waals surface area contributed by atoms with E-state index in [1.165, 1.54) is 0 Å². The van der Waals surface area contributed by atoms with Crippen molar-refractivity contribution in [3.05, 3.63) is 82.4 Å². The van der Waals surface area contributed by atoms with E-state index >= 15 is 0 Å². The number of hydrogen-bond donors (Lipinski definition) is 2. The second-order valence-corrected chi connectivity index (χ2v) is 8.95. The lowest BCUT2D eigenvalue weighted by molar-refractivity contribution is -0.135. The van der Waals surface area contributed by atoms with Crippen molar-refractivity contribution in [2.75, 3.05) is 6.54 Å². The van der Waals surface area contributed by atoms with E-state index in [0.29, 0.717) is 10.6 Å². The lowest BCUT2D eigenvalue weighted by Gasteiger charge is -2.23. The molecule has 5 rings (SSSR count). The number of rotatable bonds is 4. The van der Waals surface area contributed by atoms with E-state index in [9.17, 15) is 14.4 Å². The zero-order chi connectivity index (χ0) is 22.5. The van der Waals surface area contributed by atoms with Crippen LogP contribution in [0.25, 0.3) is 10.8 Å². The molecule has 2 N–H and O–H groups in total. The topological polar surface area (TPSA) is 78.5 Å². The Morgan fingerprint density at radius 1 is 1.12 bits per heavy atom. The van der Waals surface area contributed by atoms with E-state index in [1.54, 1.807) is 13.0 Å². The number of nitrogens with one attached hydrogen (secondary N) is 2. The Bertz CT molecular complexity index is 1270. The molecular formula is C25H22ClN3O3. The predicted molar refractivity (Wildman–Crippen MR) is 122 cm³/mol. The van der Waals surface area contributed by atoms with E-state index in [4.69, 9.17) is 11.6 Å². The van der Waals surface area contributed by atoms with Gasteiger partial charge in [-0.15, -0.1) is 0 Å². The van der Waals surface area contributed by atoms with E-state index in [1.807, 2.05) is 54.6 Å². The molecule has 0 spiro atoms. The number of fused-ring (bicyclic) bond motifs is 2. The summed E-state index contributed by atoms with van der Waals surface area (Å²) in [5, 5.41) is 8.43. The molecule has 1 saturated heterocycles. The summed E-state index contributed by atoms with van der Waals surface area (Å²) in [7, 11) is 0. The van der Waals surface area contributed by atoms with Crippen LogP contribution >= 0.6 is 11.6 Å². The summed E-state index contributed by atoms with van der Waals surface area (Å²) in [6.07, 6.45) is 1.58. The van der Waals surface area contributed by atoms with Crippen LogP contribution < -0.4 is 10.6 Å². The molecule has 1 fully saturated rings. The van der Waals surface area contributed by atoms with E-state index < -0.39 is 17.5 Å². The second-order valence-electron chi connectivity index (χ2n) is 8.51. The number of hydrogen-bond acceptors (Lipinski definition) is 3. The highest BCUT2D eigenvalue weighted by Gasteiger charge is 2.49. The number of amides is 4. The van der Waals surface area contributed by atoms with Crippen LogP contribution in [0.5, 0.6) is 0 Å². The molecule has 0 saturated carbocycles. The van der Waals surface area contributed by atoms with Gasteiger partial charge in [0.15, 0.2) is 0 Å². The molecule has 3 aromatic rings. The minimum atomic E-state index is -1.22. The van der Waals surface area contributed by atoms with Gasteiger partial charge in [-0.25, -0.2) is 4.79 Å². The molecule has 1 aliphatic carbocycles. The third kappa shape index (κ3) is 3.41. The number of carbonyl (C=O) groups excluding carboxylic acids is 3. The molecule has 2 aliphatic rings. The van der Waals surface area contributed by atoms with Crippen molar-refractivity contribution in [1.82, 2.24) is 15.5 Å². The number of carbonyl (C=O) groups is 3. The fraction of sp³-hybridized carbons (Fsp3) is 0.240. The van der Waals surface area contributed by atoms with Crippen molar-refractivity contribution >= 4 is 40.2 Å². The van der Waals surface area contributed by atoms with Gasteiger partial charge in [0.2, 0.25) is 5.91 Å². The fourth-order valence-electron chi connectivity index (χ4n) is 4.66. The van der Waals surface area contributed by atoms with Crippen LogP contribution in [-0.2, 0) is 21.5 Å². The normalized spacial score (nSPS) is 22.2. The molecule has 4 amide bonds. The highest BCUT2D eigenvalue weighted by atomic mass is 35.5. The Hall–Kier alpha value is -3.38. The van der Waals surface area contributed by atoms with Crippen molar-refractivity contribution in [2.45, 2.75) is 31.3 Å². The van der Waals surface area contributed by atoms with Gasteiger partial charge in [0.25, 0.3) is 5.91 Å². The third-order valence-corrected chi connectivity index (χ3v) is 6.66. The van der Waals surface area contributed by atoms with Crippen molar-refractivity contribution in [3.63, 3.8) is 0 Å². The Kier molecular flexibility index (Phi) is 4.90. The van der Waals surface area contributed by atoms with Gasteiger partial charge in [0.05, 0.1) is 6.04 Å². The molecule has 6 nitrogen and oxygen atoms in total. The van der Waals surface area contributed by atoms with Crippen LogP contribution in [0, 0.1) is 0 Å². The largest absolute Gasteiger partial charge is 0.348 e. The van der Waals surface area contributed by atoms with Gasteiger partial charge in [-0.1, -0.05) is 54.1 Å². The molecule has 0 radical (unpaired) electrons. The quantitative estimate of drug-likeness (QED) is 0.592. The Morgan fingerprint density at radius 3 is 2.72 bits per heavy atom. The summed E-state index contributed by atoms with van der Waals surface area (Å²) in [6, 6.07) is 18.4. The first-order chi connectivity index (χ1) is 15.3. The summed E-state index contributed by atoms with van der Waals surface area (Å²) >= 11 is 6.06. The minimum absolute atomic E-state index is 0.151. The summed E-state index contributed by atoms with van der Waals surface area (Å²) in [5.74, 6) is -0.810. The molecule has 3 aromatic carbocycles. The smallest absolute Gasteiger partial charge is 0.325 e. The van der Waals surface area contributed by atoms with Crippen molar-refractivity contribution in [1.29, 1.82) is 0 Å². The molecule has 1 aliphatic heterocycles. The summed E-state index contributed by atoms with van der Waals surface area (Å²) in [5.41, 5.74) is 1.60. The van der Waals surface area contributed by atoms with Gasteiger partial charge in [0.1, 0.15) is 12.1 Å². The number of aryl methyl sites for hydroxylation is 1. The van der Waals surface area contributed by atoms with E-state index in [0.717, 1.165) is 39.6 Å². The summed E-state index contributed by atoms with van der Waals surface area (Å²) in [6.45, 7) is 1.35. The van der Waals surface area contributed by atoms with Crippen LogP contribution in [0.15, 0.2) is 60.7 Å². The van der Waals surface area contributed by atoms with Crippen LogP contribution in [0.3, 0.4) is 0 Å². The summed E-state index contributed by atoms with van der Waals surface area (Å²) < 4.78 is 0. The molecular weight excluding hydrogens is 426 g/mol. The van der Waals surface area contributed by atoms with Gasteiger partial charge in [-0.3, -0.25) is 14.5 Å². The van der Waals surface area contributed by atoms with Gasteiger partial charge < -0.3 is 10.6 Å². The number of nitrogens with zero attached hydrogens (tertiary/aromatic N) is 1. The highest BCUT2D eigenvalue weighted by molar-refractivity contribution is 6.30.